The Morgan fingerprint density at radius 3 is 1.91 bits per heavy atom. The minimum Gasteiger partial charge on any atom is -0.464 e. The molecule has 2 atom stereocenters. The van der Waals surface area contributed by atoms with E-state index >= 15 is 0 Å². The summed E-state index contributed by atoms with van der Waals surface area (Å²) in [5.41, 5.74) is 0.762. The summed E-state index contributed by atoms with van der Waals surface area (Å²) in [5.74, 6) is -0.631. The van der Waals surface area contributed by atoms with Crippen LogP contribution >= 0.6 is 11.6 Å². The van der Waals surface area contributed by atoms with Gasteiger partial charge in [-0.05, 0) is 51.0 Å². The zero-order chi connectivity index (χ0) is 16.1. The summed E-state index contributed by atoms with van der Waals surface area (Å²) < 4.78 is 10.3. The van der Waals surface area contributed by atoms with Gasteiger partial charge in [-0.15, -0.1) is 0 Å². The molecule has 0 amide bonds. The molecule has 0 aliphatic carbocycles. The molecule has 2 rings (SSSR count). The van der Waals surface area contributed by atoms with Crippen LogP contribution in [0.4, 0.5) is 5.69 Å². The number of ether oxygens (including phenoxy) is 2. The van der Waals surface area contributed by atoms with Gasteiger partial charge in [-0.1, -0.05) is 11.6 Å². The molecule has 22 heavy (non-hydrogen) atoms. The van der Waals surface area contributed by atoms with E-state index in [0.717, 1.165) is 5.69 Å². The van der Waals surface area contributed by atoms with Crippen LogP contribution in [0.5, 0.6) is 0 Å². The third kappa shape index (κ3) is 3.53. The lowest BCUT2D eigenvalue weighted by atomic mass is 10.2. The van der Waals surface area contributed by atoms with Crippen molar-refractivity contribution >= 4 is 29.2 Å². The Morgan fingerprint density at radius 2 is 1.50 bits per heavy atom. The Labute approximate surface area is 135 Å². The highest BCUT2D eigenvalue weighted by Gasteiger charge is 2.43. The molecular weight excluding hydrogens is 306 g/mol. The van der Waals surface area contributed by atoms with Crippen LogP contribution in [0, 0.1) is 0 Å². The molecule has 1 saturated heterocycles. The second-order valence-electron chi connectivity index (χ2n) is 5.00. The number of carbonyl (C=O) groups excluding carboxylic acids is 2. The second-order valence-corrected chi connectivity index (χ2v) is 5.43. The molecule has 1 aromatic carbocycles. The van der Waals surface area contributed by atoms with Crippen molar-refractivity contribution in [2.45, 2.75) is 38.8 Å². The van der Waals surface area contributed by atoms with Crippen LogP contribution in [-0.4, -0.2) is 37.2 Å². The quantitative estimate of drug-likeness (QED) is 0.779. The predicted octanol–water partition coefficient (Wildman–Crippen LogP) is 2.80. The number of benzene rings is 1. The third-order valence-corrected chi connectivity index (χ3v) is 3.88. The van der Waals surface area contributed by atoms with Crippen molar-refractivity contribution in [3.63, 3.8) is 0 Å². The van der Waals surface area contributed by atoms with Crippen molar-refractivity contribution in [2.75, 3.05) is 18.1 Å². The predicted molar refractivity (Wildman–Crippen MR) is 84.0 cm³/mol. The number of rotatable bonds is 5. The van der Waals surface area contributed by atoms with Crippen molar-refractivity contribution < 1.29 is 19.1 Å². The molecule has 6 heteroatoms. The van der Waals surface area contributed by atoms with Crippen LogP contribution in [0.1, 0.15) is 26.7 Å². The maximum Gasteiger partial charge on any atom is 0.328 e. The van der Waals surface area contributed by atoms with Crippen LogP contribution in [0.2, 0.25) is 5.02 Å². The van der Waals surface area contributed by atoms with Gasteiger partial charge in [-0.3, -0.25) is 0 Å². The van der Waals surface area contributed by atoms with Crippen molar-refractivity contribution in [3.05, 3.63) is 29.3 Å². The Kier molecular flexibility index (Phi) is 5.66. The summed E-state index contributed by atoms with van der Waals surface area (Å²) in [6.07, 6.45) is 1.12. The number of anilines is 1. The number of esters is 2. The molecule has 1 aliphatic rings. The number of hydrogen-bond donors (Lipinski definition) is 0. The van der Waals surface area contributed by atoms with Crippen molar-refractivity contribution in [1.29, 1.82) is 0 Å². The molecular formula is C16H20ClNO4. The number of hydrogen-bond acceptors (Lipinski definition) is 5. The molecule has 1 unspecified atom stereocenters. The summed E-state index contributed by atoms with van der Waals surface area (Å²) in [5, 5.41) is 0.600. The van der Waals surface area contributed by atoms with E-state index < -0.39 is 12.1 Å². The van der Waals surface area contributed by atoms with Gasteiger partial charge in [-0.2, -0.15) is 0 Å². The van der Waals surface area contributed by atoms with Crippen LogP contribution in [-0.2, 0) is 19.1 Å². The van der Waals surface area contributed by atoms with Crippen LogP contribution in [0.3, 0.4) is 0 Å². The van der Waals surface area contributed by atoms with Crippen molar-refractivity contribution in [3.8, 4) is 0 Å². The topological polar surface area (TPSA) is 55.8 Å². The first-order valence-electron chi connectivity index (χ1n) is 7.45. The fraction of sp³-hybridized carbons (Fsp3) is 0.500. The Bertz CT molecular complexity index is 505. The van der Waals surface area contributed by atoms with Crippen LogP contribution in [0.25, 0.3) is 0 Å². The maximum absolute atomic E-state index is 12.2. The number of halogens is 1. The summed E-state index contributed by atoms with van der Waals surface area (Å²) in [7, 11) is 0. The molecule has 120 valence electrons. The zero-order valence-electron chi connectivity index (χ0n) is 12.8. The van der Waals surface area contributed by atoms with Crippen LogP contribution < -0.4 is 4.90 Å². The smallest absolute Gasteiger partial charge is 0.328 e. The average molecular weight is 326 g/mol. The fourth-order valence-electron chi connectivity index (χ4n) is 2.72. The molecule has 1 aromatic rings. The summed E-state index contributed by atoms with van der Waals surface area (Å²) in [4.78, 5) is 26.1. The lowest BCUT2D eigenvalue weighted by Crippen LogP contribution is -2.45. The first-order valence-corrected chi connectivity index (χ1v) is 7.83. The highest BCUT2D eigenvalue weighted by atomic mass is 35.5. The molecule has 0 spiro atoms. The fourth-order valence-corrected chi connectivity index (χ4v) is 2.85. The standard InChI is InChI=1S/C16H20ClNO4/c1-3-21-15(19)13-9-10-14(16(20)22-4-2)18(13)12-7-5-11(17)6-8-12/h5-8,13-14H,3-4,9-10H2,1-2H3/t13-,14?/m0/s1. The largest absolute Gasteiger partial charge is 0.464 e. The van der Waals surface area contributed by atoms with E-state index in [0.29, 0.717) is 31.1 Å². The normalized spacial score (nSPS) is 20.8. The molecule has 0 bridgehead atoms. The van der Waals surface area contributed by atoms with E-state index in [1.807, 2.05) is 0 Å². The van der Waals surface area contributed by atoms with Gasteiger partial charge < -0.3 is 14.4 Å². The lowest BCUT2D eigenvalue weighted by molar-refractivity contribution is -0.145. The molecule has 0 radical (unpaired) electrons. The van der Waals surface area contributed by atoms with E-state index in [9.17, 15) is 9.59 Å². The summed E-state index contributed by atoms with van der Waals surface area (Å²) in [6.45, 7) is 4.16. The number of nitrogens with zero attached hydrogens (tertiary/aromatic N) is 1. The molecule has 0 aromatic heterocycles. The van der Waals surface area contributed by atoms with Crippen molar-refractivity contribution in [2.24, 2.45) is 0 Å². The van der Waals surface area contributed by atoms with Gasteiger partial charge in [0.05, 0.1) is 13.2 Å². The van der Waals surface area contributed by atoms with Crippen LogP contribution in [0.15, 0.2) is 24.3 Å². The summed E-state index contributed by atoms with van der Waals surface area (Å²) >= 11 is 5.91. The zero-order valence-corrected chi connectivity index (χ0v) is 13.5. The first kappa shape index (κ1) is 16.6. The average Bonchev–Trinajstić information content (AvgIpc) is 2.93. The van der Waals surface area contributed by atoms with Gasteiger partial charge in [0, 0.05) is 10.7 Å². The monoisotopic (exact) mass is 325 g/mol. The van der Waals surface area contributed by atoms with E-state index in [-0.39, 0.29) is 11.9 Å². The van der Waals surface area contributed by atoms with Gasteiger partial charge in [0.15, 0.2) is 0 Å². The van der Waals surface area contributed by atoms with E-state index in [1.165, 1.54) is 0 Å². The minimum absolute atomic E-state index is 0.313. The molecule has 0 saturated carbocycles. The van der Waals surface area contributed by atoms with Gasteiger partial charge in [0.25, 0.3) is 0 Å². The minimum atomic E-state index is -0.476. The van der Waals surface area contributed by atoms with Gasteiger partial charge in [0.1, 0.15) is 12.1 Å². The molecule has 5 nitrogen and oxygen atoms in total. The Balaban J connectivity index is 2.30. The molecule has 1 fully saturated rings. The number of carbonyl (C=O) groups is 2. The lowest BCUT2D eigenvalue weighted by Gasteiger charge is -2.30. The van der Waals surface area contributed by atoms with E-state index in [4.69, 9.17) is 21.1 Å². The summed E-state index contributed by atoms with van der Waals surface area (Å²) in [6, 6.07) is 6.11. The van der Waals surface area contributed by atoms with E-state index in [2.05, 4.69) is 0 Å². The van der Waals surface area contributed by atoms with Gasteiger partial charge in [-0.25, -0.2) is 9.59 Å². The molecule has 0 N–H and O–H groups in total. The SMILES string of the molecule is CCOC(=O)C1CC[C@@H](C(=O)OCC)N1c1ccc(Cl)cc1. The van der Waals surface area contributed by atoms with E-state index in [1.54, 1.807) is 43.0 Å². The van der Waals surface area contributed by atoms with Gasteiger partial charge in [0.2, 0.25) is 0 Å². The second kappa shape index (κ2) is 7.49. The highest BCUT2D eigenvalue weighted by Crippen LogP contribution is 2.32. The molecule has 1 heterocycles. The third-order valence-electron chi connectivity index (χ3n) is 3.63. The van der Waals surface area contributed by atoms with Crippen molar-refractivity contribution in [1.82, 2.24) is 0 Å². The first-order chi connectivity index (χ1) is 10.6. The maximum atomic E-state index is 12.2. The molecule has 1 aliphatic heterocycles. The Morgan fingerprint density at radius 1 is 1.05 bits per heavy atom. The van der Waals surface area contributed by atoms with Gasteiger partial charge >= 0.3 is 11.9 Å². The highest BCUT2D eigenvalue weighted by molar-refractivity contribution is 6.30. The Hall–Kier alpha value is -1.75.